The number of carbonyl (C=O) groups is 1. The van der Waals surface area contributed by atoms with Gasteiger partial charge in [-0.3, -0.25) is 0 Å². The molecule has 2 N–H and O–H groups in total. The molecule has 2 amide bonds. The maximum Gasteiger partial charge on any atom is 0.315 e. The quantitative estimate of drug-likeness (QED) is 0.844. The van der Waals surface area contributed by atoms with Gasteiger partial charge in [0.05, 0.1) is 17.9 Å². The van der Waals surface area contributed by atoms with Crippen LogP contribution in [0.25, 0.3) is 5.69 Å². The molecule has 6 nitrogen and oxygen atoms in total. The number of benzene rings is 1. The van der Waals surface area contributed by atoms with Crippen LogP contribution >= 0.6 is 0 Å². The summed E-state index contributed by atoms with van der Waals surface area (Å²) in [5.74, 6) is -0.285. The zero-order chi connectivity index (χ0) is 18.6. The molecule has 2 aromatic rings. The average Bonchev–Trinajstić information content (AvgIpc) is 2.95. The number of halogens is 1. The van der Waals surface area contributed by atoms with Crippen LogP contribution in [-0.2, 0) is 0 Å². The van der Waals surface area contributed by atoms with Gasteiger partial charge in [0.25, 0.3) is 0 Å². The van der Waals surface area contributed by atoms with E-state index in [1.54, 1.807) is 23.0 Å². The Morgan fingerprint density at radius 2 is 1.92 bits per heavy atom. The molecule has 0 unspecified atom stereocenters. The van der Waals surface area contributed by atoms with E-state index in [0.717, 1.165) is 16.9 Å². The summed E-state index contributed by atoms with van der Waals surface area (Å²) in [5.41, 5.74) is 2.60. The van der Waals surface area contributed by atoms with Crippen LogP contribution in [0.3, 0.4) is 0 Å². The summed E-state index contributed by atoms with van der Waals surface area (Å²) >= 11 is 0. The average molecular weight is 347 g/mol. The Bertz CT molecular complexity index is 711. The van der Waals surface area contributed by atoms with Crippen molar-refractivity contribution in [3.05, 3.63) is 47.5 Å². The van der Waals surface area contributed by atoms with E-state index in [-0.39, 0.29) is 23.9 Å². The zero-order valence-electron chi connectivity index (χ0n) is 15.4. The van der Waals surface area contributed by atoms with Gasteiger partial charge >= 0.3 is 6.03 Å². The molecule has 0 fully saturated rings. The summed E-state index contributed by atoms with van der Waals surface area (Å²) in [6.07, 6.45) is 1.73. The molecule has 0 saturated heterocycles. The van der Waals surface area contributed by atoms with E-state index in [4.69, 9.17) is 0 Å². The summed E-state index contributed by atoms with van der Waals surface area (Å²) in [6.45, 7) is 6.45. The Balaban J connectivity index is 2.01. The van der Waals surface area contributed by atoms with Gasteiger partial charge in [-0.05, 0) is 59.1 Å². The molecular formula is C18H26FN5O. The van der Waals surface area contributed by atoms with E-state index in [1.807, 2.05) is 39.8 Å². The molecule has 0 bridgehead atoms. The number of nitrogens with one attached hydrogen (secondary N) is 2. The molecule has 0 radical (unpaired) electrons. The highest BCUT2D eigenvalue weighted by molar-refractivity contribution is 5.74. The second-order valence-corrected chi connectivity index (χ2v) is 6.46. The molecule has 0 aliphatic heterocycles. The van der Waals surface area contributed by atoms with E-state index in [9.17, 15) is 9.18 Å². The van der Waals surface area contributed by atoms with Crippen molar-refractivity contribution >= 4 is 6.03 Å². The van der Waals surface area contributed by atoms with Gasteiger partial charge < -0.3 is 15.5 Å². The number of nitrogens with zero attached hydrogens (tertiary/aromatic N) is 3. The van der Waals surface area contributed by atoms with E-state index in [0.29, 0.717) is 6.54 Å². The lowest BCUT2D eigenvalue weighted by atomic mass is 10.1. The summed E-state index contributed by atoms with van der Waals surface area (Å²) in [5, 5.41) is 10.1. The third-order valence-corrected chi connectivity index (χ3v) is 4.37. The lowest BCUT2D eigenvalue weighted by Crippen LogP contribution is -2.43. The molecule has 25 heavy (non-hydrogen) atoms. The molecule has 2 atom stereocenters. The van der Waals surface area contributed by atoms with Gasteiger partial charge in [0.15, 0.2) is 0 Å². The first-order valence-electron chi connectivity index (χ1n) is 8.31. The molecule has 0 saturated carbocycles. The number of urea groups is 1. The predicted octanol–water partition coefficient (Wildman–Crippen LogP) is 2.63. The normalized spacial score (nSPS) is 13.6. The first-order chi connectivity index (χ1) is 11.8. The number of rotatable bonds is 6. The van der Waals surface area contributed by atoms with Crippen LogP contribution in [0.5, 0.6) is 0 Å². The molecule has 0 aliphatic rings. The predicted molar refractivity (Wildman–Crippen MR) is 96.4 cm³/mol. The van der Waals surface area contributed by atoms with Crippen LogP contribution in [0.1, 0.15) is 31.1 Å². The first-order valence-corrected chi connectivity index (χ1v) is 8.31. The molecule has 1 aromatic heterocycles. The lowest BCUT2D eigenvalue weighted by Gasteiger charge is -2.21. The maximum absolute atomic E-state index is 13.1. The highest BCUT2D eigenvalue weighted by atomic mass is 19.1. The fourth-order valence-electron chi connectivity index (χ4n) is 2.44. The highest BCUT2D eigenvalue weighted by Crippen LogP contribution is 2.20. The van der Waals surface area contributed by atoms with Gasteiger partial charge in [-0.25, -0.2) is 13.9 Å². The Labute approximate surface area is 148 Å². The first kappa shape index (κ1) is 18.9. The summed E-state index contributed by atoms with van der Waals surface area (Å²) in [4.78, 5) is 14.1. The van der Waals surface area contributed by atoms with Gasteiger partial charge in [-0.15, -0.1) is 0 Å². The Morgan fingerprint density at radius 3 is 2.52 bits per heavy atom. The van der Waals surface area contributed by atoms with E-state index in [2.05, 4.69) is 15.7 Å². The molecule has 7 heteroatoms. The van der Waals surface area contributed by atoms with E-state index < -0.39 is 0 Å². The van der Waals surface area contributed by atoms with Crippen LogP contribution in [0.15, 0.2) is 30.5 Å². The third-order valence-electron chi connectivity index (χ3n) is 4.37. The van der Waals surface area contributed by atoms with Crippen molar-refractivity contribution in [1.29, 1.82) is 0 Å². The third kappa shape index (κ3) is 4.79. The van der Waals surface area contributed by atoms with Crippen molar-refractivity contribution < 1.29 is 9.18 Å². The maximum atomic E-state index is 13.1. The fraction of sp³-hybridized carbons (Fsp3) is 0.444. The lowest BCUT2D eigenvalue weighted by molar-refractivity contribution is 0.231. The van der Waals surface area contributed by atoms with Crippen molar-refractivity contribution in [2.24, 2.45) is 0 Å². The highest BCUT2D eigenvalue weighted by Gasteiger charge is 2.16. The minimum absolute atomic E-state index is 0.191. The molecule has 136 valence electrons. The van der Waals surface area contributed by atoms with Crippen molar-refractivity contribution in [3.63, 3.8) is 0 Å². The topological polar surface area (TPSA) is 62.2 Å². The van der Waals surface area contributed by atoms with E-state index >= 15 is 0 Å². The molecule has 1 aromatic carbocycles. The van der Waals surface area contributed by atoms with Crippen LogP contribution < -0.4 is 10.6 Å². The van der Waals surface area contributed by atoms with Crippen molar-refractivity contribution in [3.8, 4) is 5.69 Å². The summed E-state index contributed by atoms with van der Waals surface area (Å²) < 4.78 is 14.8. The number of carbonyl (C=O) groups excluding carboxylic acids is 1. The van der Waals surface area contributed by atoms with Crippen molar-refractivity contribution in [2.75, 3.05) is 20.6 Å². The summed E-state index contributed by atoms with van der Waals surface area (Å²) in [6, 6.07) is 6.00. The molecule has 1 heterocycles. The van der Waals surface area contributed by atoms with Crippen LogP contribution in [0.2, 0.25) is 0 Å². The zero-order valence-corrected chi connectivity index (χ0v) is 15.4. The largest absolute Gasteiger partial charge is 0.337 e. The standard InChI is InChI=1S/C18H26FN5O/c1-12(23(4)5)10-20-18(25)22-13(2)17-11-21-24(14(17)3)16-8-6-15(19)7-9-16/h6-9,11-13H,10H2,1-5H3,(H2,20,22,25)/t12-,13+/m0/s1. The molecular weight excluding hydrogens is 321 g/mol. The fourth-order valence-corrected chi connectivity index (χ4v) is 2.44. The minimum atomic E-state index is -0.285. The monoisotopic (exact) mass is 347 g/mol. The van der Waals surface area contributed by atoms with Crippen LogP contribution in [-0.4, -0.2) is 47.4 Å². The SMILES string of the molecule is Cc1c([C@@H](C)NC(=O)NC[C@H](C)N(C)C)cnn1-c1ccc(F)cc1. The van der Waals surface area contributed by atoms with Gasteiger partial charge in [0.2, 0.25) is 0 Å². The second kappa shape index (κ2) is 8.11. The van der Waals surface area contributed by atoms with Gasteiger partial charge in [-0.1, -0.05) is 0 Å². The Morgan fingerprint density at radius 1 is 1.28 bits per heavy atom. The van der Waals surface area contributed by atoms with Crippen molar-refractivity contribution in [1.82, 2.24) is 25.3 Å². The van der Waals surface area contributed by atoms with Gasteiger partial charge in [-0.2, -0.15) is 5.10 Å². The number of amides is 2. The number of hydrogen-bond donors (Lipinski definition) is 2. The molecule has 2 rings (SSSR count). The van der Waals surface area contributed by atoms with Gasteiger partial charge in [0, 0.05) is 23.8 Å². The van der Waals surface area contributed by atoms with Crippen LogP contribution in [0.4, 0.5) is 9.18 Å². The number of hydrogen-bond acceptors (Lipinski definition) is 3. The van der Waals surface area contributed by atoms with Gasteiger partial charge in [0.1, 0.15) is 5.82 Å². The second-order valence-electron chi connectivity index (χ2n) is 6.46. The molecule has 0 aliphatic carbocycles. The van der Waals surface area contributed by atoms with Crippen LogP contribution in [0, 0.1) is 12.7 Å². The van der Waals surface area contributed by atoms with Crippen molar-refractivity contribution in [2.45, 2.75) is 32.9 Å². The smallest absolute Gasteiger partial charge is 0.315 e. The Kier molecular flexibility index (Phi) is 6.14. The summed E-state index contributed by atoms with van der Waals surface area (Å²) in [7, 11) is 3.94. The number of likely N-dealkylation sites (N-methyl/N-ethyl adjacent to an activating group) is 1. The van der Waals surface area contributed by atoms with E-state index in [1.165, 1.54) is 12.1 Å². The minimum Gasteiger partial charge on any atom is -0.337 e. The Hall–Kier alpha value is -2.41. The molecule has 0 spiro atoms. The number of aromatic nitrogens is 2.